The maximum Gasteiger partial charge on any atom is 0.414 e. The Kier molecular flexibility index (Phi) is 5.82. The molecule has 2 aromatic rings. The maximum absolute atomic E-state index is 13.3. The third-order valence-electron chi connectivity index (χ3n) is 6.64. The summed E-state index contributed by atoms with van der Waals surface area (Å²) in [6.45, 7) is 5.31. The van der Waals surface area contributed by atoms with Gasteiger partial charge in [-0.3, -0.25) is 14.4 Å². The number of amides is 2. The molecule has 5 rings (SSSR count). The second-order valence-corrected chi connectivity index (χ2v) is 10.2. The minimum absolute atomic E-state index is 0.0445. The number of benzene rings is 1. The first-order chi connectivity index (χ1) is 15.8. The molecule has 2 aliphatic heterocycles. The van der Waals surface area contributed by atoms with E-state index in [4.69, 9.17) is 16.3 Å². The molecule has 0 radical (unpaired) electrons. The van der Waals surface area contributed by atoms with Crippen LogP contribution in [0.25, 0.3) is 11.1 Å². The van der Waals surface area contributed by atoms with Gasteiger partial charge < -0.3 is 14.5 Å². The predicted molar refractivity (Wildman–Crippen MR) is 128 cm³/mol. The number of hydrogen-bond donors (Lipinski definition) is 0. The molecule has 1 saturated carbocycles. The molecule has 1 aromatic heterocycles. The van der Waals surface area contributed by atoms with Gasteiger partial charge in [0.1, 0.15) is 6.10 Å². The number of likely N-dealkylation sites (N-methyl/N-ethyl adjacent to an activating group) is 1. The van der Waals surface area contributed by atoms with E-state index in [0.717, 1.165) is 30.5 Å². The van der Waals surface area contributed by atoms with Crippen molar-refractivity contribution in [2.45, 2.75) is 56.7 Å². The molecule has 1 aliphatic carbocycles. The van der Waals surface area contributed by atoms with Crippen molar-refractivity contribution in [1.82, 2.24) is 14.7 Å². The third kappa shape index (κ3) is 4.46. The van der Waals surface area contributed by atoms with Crippen molar-refractivity contribution in [3.63, 3.8) is 0 Å². The van der Waals surface area contributed by atoms with E-state index >= 15 is 0 Å². The Morgan fingerprint density at radius 1 is 1.12 bits per heavy atom. The third-order valence-corrected chi connectivity index (χ3v) is 6.96. The number of halogens is 1. The van der Waals surface area contributed by atoms with Crippen molar-refractivity contribution in [2.75, 3.05) is 36.5 Å². The molecule has 3 heterocycles. The van der Waals surface area contributed by atoms with Crippen LogP contribution in [0.5, 0.6) is 0 Å². The minimum atomic E-state index is -0.402. The molecule has 9 heteroatoms. The van der Waals surface area contributed by atoms with E-state index in [-0.39, 0.29) is 23.4 Å². The lowest BCUT2D eigenvalue weighted by Crippen LogP contribution is -2.53. The van der Waals surface area contributed by atoms with Crippen LogP contribution >= 0.6 is 11.6 Å². The van der Waals surface area contributed by atoms with Crippen molar-refractivity contribution in [3.05, 3.63) is 30.6 Å². The van der Waals surface area contributed by atoms with Gasteiger partial charge in [-0.1, -0.05) is 6.07 Å². The average molecular weight is 472 g/mol. The summed E-state index contributed by atoms with van der Waals surface area (Å²) in [7, 11) is 1.98. The highest BCUT2D eigenvalue weighted by Crippen LogP contribution is 2.40. The normalized spacial score (nSPS) is 25.6. The number of aromatic nitrogens is 2. The molecule has 0 N–H and O–H groups in total. The van der Waals surface area contributed by atoms with E-state index in [1.807, 2.05) is 43.0 Å². The van der Waals surface area contributed by atoms with E-state index in [2.05, 4.69) is 16.2 Å². The van der Waals surface area contributed by atoms with Gasteiger partial charge >= 0.3 is 6.09 Å². The van der Waals surface area contributed by atoms with E-state index < -0.39 is 6.09 Å². The first-order valence-electron chi connectivity index (χ1n) is 11.6. The molecule has 0 spiro atoms. The minimum Gasteiger partial charge on any atom is -0.444 e. The molecule has 1 aromatic carbocycles. The van der Waals surface area contributed by atoms with Crippen molar-refractivity contribution in [1.29, 1.82) is 0 Å². The molecule has 33 heavy (non-hydrogen) atoms. The number of carbonyl (C=O) groups excluding carboxylic acids is 2. The molecule has 2 fully saturated rings. The average Bonchev–Trinajstić information content (AvgIpc) is 3.48. The van der Waals surface area contributed by atoms with E-state index in [0.29, 0.717) is 36.9 Å². The van der Waals surface area contributed by atoms with Crippen LogP contribution in [0.2, 0.25) is 0 Å². The van der Waals surface area contributed by atoms with Crippen molar-refractivity contribution < 1.29 is 14.3 Å². The van der Waals surface area contributed by atoms with Crippen LogP contribution in [0, 0.1) is 0 Å². The second-order valence-electron chi connectivity index (χ2n) is 9.55. The number of fused-ring (bicyclic) bond motifs is 1. The highest BCUT2D eigenvalue weighted by atomic mass is 35.5. The molecule has 2 unspecified atom stereocenters. The molecule has 2 amide bonds. The molecule has 3 aliphatic rings. The summed E-state index contributed by atoms with van der Waals surface area (Å²) < 4.78 is 7.91. The smallest absolute Gasteiger partial charge is 0.414 e. The Hall–Kier alpha value is -2.58. The quantitative estimate of drug-likeness (QED) is 0.635. The molecule has 8 nitrogen and oxygen atoms in total. The largest absolute Gasteiger partial charge is 0.444 e. The Balaban J connectivity index is 1.46. The van der Waals surface area contributed by atoms with Crippen LogP contribution in [0.1, 0.15) is 39.2 Å². The van der Waals surface area contributed by atoms with Crippen LogP contribution in [0.4, 0.5) is 16.2 Å². The summed E-state index contributed by atoms with van der Waals surface area (Å²) in [5, 5.41) is 4.45. The van der Waals surface area contributed by atoms with E-state index in [1.54, 1.807) is 16.7 Å². The maximum atomic E-state index is 13.3. The van der Waals surface area contributed by atoms with E-state index in [1.165, 1.54) is 0 Å². The fourth-order valence-corrected chi connectivity index (χ4v) is 5.40. The summed E-state index contributed by atoms with van der Waals surface area (Å²) in [6, 6.07) is 6.19. The molecular weight excluding hydrogens is 442 g/mol. The van der Waals surface area contributed by atoms with Crippen molar-refractivity contribution in [3.8, 4) is 11.1 Å². The van der Waals surface area contributed by atoms with Gasteiger partial charge in [0.2, 0.25) is 5.91 Å². The van der Waals surface area contributed by atoms with E-state index in [9.17, 15) is 9.59 Å². The number of piperidine rings is 1. The molecule has 3 atom stereocenters. The number of carbonyl (C=O) groups is 2. The zero-order valence-corrected chi connectivity index (χ0v) is 20.0. The zero-order chi connectivity index (χ0) is 23.3. The lowest BCUT2D eigenvalue weighted by atomic mass is 10.0. The summed E-state index contributed by atoms with van der Waals surface area (Å²) in [6.07, 6.45) is 6.20. The Morgan fingerprint density at radius 3 is 2.61 bits per heavy atom. The summed E-state index contributed by atoms with van der Waals surface area (Å²) in [5.74, 6) is -0.0510. The van der Waals surface area contributed by atoms with Crippen molar-refractivity contribution >= 4 is 35.0 Å². The first-order valence-corrected chi connectivity index (χ1v) is 12.0. The number of ether oxygens (including phenoxy) is 1. The molecule has 176 valence electrons. The number of hydrogen-bond acceptors (Lipinski definition) is 5. The van der Waals surface area contributed by atoms with Gasteiger partial charge in [0.05, 0.1) is 29.7 Å². The number of rotatable bonds is 3. The Bertz CT molecular complexity index is 1060. The van der Waals surface area contributed by atoms with Gasteiger partial charge in [0, 0.05) is 50.1 Å². The van der Waals surface area contributed by atoms with Crippen LogP contribution < -0.4 is 9.80 Å². The zero-order valence-electron chi connectivity index (χ0n) is 19.3. The fraction of sp³-hybridized carbons (Fsp3) is 0.542. The van der Waals surface area contributed by atoms with Gasteiger partial charge in [-0.2, -0.15) is 5.10 Å². The van der Waals surface area contributed by atoms with Gasteiger partial charge in [-0.15, -0.1) is 11.6 Å². The predicted octanol–water partition coefficient (Wildman–Crippen LogP) is 3.89. The topological polar surface area (TPSA) is 70.9 Å². The van der Waals surface area contributed by atoms with Crippen LogP contribution in [0.3, 0.4) is 0 Å². The van der Waals surface area contributed by atoms with Gasteiger partial charge in [0.25, 0.3) is 0 Å². The number of alkyl halides is 1. The summed E-state index contributed by atoms with van der Waals surface area (Å²) >= 11 is 6.35. The monoisotopic (exact) mass is 471 g/mol. The molecule has 1 saturated heterocycles. The van der Waals surface area contributed by atoms with Crippen molar-refractivity contribution in [2.24, 2.45) is 0 Å². The van der Waals surface area contributed by atoms with Crippen LogP contribution in [-0.4, -0.2) is 70.9 Å². The molecular formula is C24H30ClN5O3. The Labute approximate surface area is 199 Å². The SMILES string of the molecule is CC(=O)N1c2ccc(-c3cnn(C4CC4)c3)cc2N(C(=O)OC2CC(Cl)CN(C)C2)C[C@@H]1C. The Morgan fingerprint density at radius 2 is 1.91 bits per heavy atom. The lowest BCUT2D eigenvalue weighted by molar-refractivity contribution is -0.117. The standard InChI is InChI=1S/C24H30ClN5O3/c1-15-11-28(24(32)33-21-9-19(25)13-27(3)14-21)23-8-17(4-7-22(23)30(15)16(2)31)18-10-26-29(12-18)20-5-6-20/h4,7-8,10,12,15,19-21H,5-6,9,11,13-14H2,1-3H3/t15-,19?,21?/m0/s1. The first kappa shape index (κ1) is 22.2. The fourth-order valence-electron chi connectivity index (χ4n) is 4.97. The van der Waals surface area contributed by atoms with Crippen LogP contribution in [0.15, 0.2) is 30.6 Å². The van der Waals surface area contributed by atoms with Gasteiger partial charge in [-0.05, 0) is 44.5 Å². The number of likely N-dealkylation sites (tertiary alicyclic amines) is 1. The second kappa shape index (κ2) is 8.65. The van der Waals surface area contributed by atoms with Gasteiger partial charge in [-0.25, -0.2) is 4.79 Å². The lowest BCUT2D eigenvalue weighted by Gasteiger charge is -2.41. The highest BCUT2D eigenvalue weighted by molar-refractivity contribution is 6.20. The number of anilines is 2. The number of nitrogens with zero attached hydrogens (tertiary/aromatic N) is 5. The van der Waals surface area contributed by atoms with Gasteiger partial charge in [0.15, 0.2) is 0 Å². The van der Waals surface area contributed by atoms with Crippen LogP contribution in [-0.2, 0) is 9.53 Å². The highest BCUT2D eigenvalue weighted by Gasteiger charge is 2.36. The summed E-state index contributed by atoms with van der Waals surface area (Å²) in [5.41, 5.74) is 3.34. The molecule has 0 bridgehead atoms. The summed E-state index contributed by atoms with van der Waals surface area (Å²) in [4.78, 5) is 31.3.